The molecule has 0 saturated carbocycles. The second kappa shape index (κ2) is 6.63. The highest BCUT2D eigenvalue weighted by Gasteiger charge is 2.04. The van der Waals surface area contributed by atoms with Crippen LogP contribution >= 0.6 is 11.1 Å². The minimum Gasteiger partial charge on any atom is -0.168 e. The molecule has 0 aliphatic carbocycles. The fourth-order valence-corrected chi connectivity index (χ4v) is 1.26. The molecule has 2 aromatic carbocycles. The standard InChI is InChI=1S/C12H10.C3H9ClSi/c1-3-7-11(8-4-1)12-9-5-2-6-10-12;1-5(2,3)4/h1-10H;1-3H3. The van der Waals surface area contributed by atoms with Crippen LogP contribution in [0.2, 0.25) is 19.6 Å². The highest BCUT2D eigenvalue weighted by molar-refractivity contribution is 7.18. The summed E-state index contributed by atoms with van der Waals surface area (Å²) in [5.41, 5.74) is 2.55. The molecule has 90 valence electrons. The molecule has 0 aliphatic rings. The molecule has 0 unspecified atom stereocenters. The van der Waals surface area contributed by atoms with Crippen molar-refractivity contribution in [2.24, 2.45) is 0 Å². The normalized spacial score (nSPS) is 10.4. The van der Waals surface area contributed by atoms with Gasteiger partial charge in [0.15, 0.2) is 0 Å². The highest BCUT2D eigenvalue weighted by Crippen LogP contribution is 2.17. The van der Waals surface area contributed by atoms with Gasteiger partial charge in [-0.25, -0.2) is 0 Å². The molecule has 0 bridgehead atoms. The molecular weight excluding hydrogens is 244 g/mol. The fourth-order valence-electron chi connectivity index (χ4n) is 1.26. The van der Waals surface area contributed by atoms with Crippen molar-refractivity contribution in [1.29, 1.82) is 0 Å². The summed E-state index contributed by atoms with van der Waals surface area (Å²) >= 11 is 5.67. The number of benzene rings is 2. The van der Waals surface area contributed by atoms with Gasteiger partial charge in [0.1, 0.15) is 7.38 Å². The molecule has 0 radical (unpaired) electrons. The van der Waals surface area contributed by atoms with E-state index in [2.05, 4.69) is 68.2 Å². The lowest BCUT2D eigenvalue weighted by atomic mass is 10.1. The molecule has 0 nitrogen and oxygen atoms in total. The highest BCUT2D eigenvalue weighted by atomic mass is 35.6. The summed E-state index contributed by atoms with van der Waals surface area (Å²) < 4.78 is 0. The summed E-state index contributed by atoms with van der Waals surface area (Å²) in [5.74, 6) is 0. The molecule has 0 heterocycles. The predicted octanol–water partition coefficient (Wildman–Crippen LogP) is 5.41. The van der Waals surface area contributed by atoms with Crippen molar-refractivity contribution >= 4 is 18.5 Å². The first-order valence-corrected chi connectivity index (χ1v) is 10.3. The van der Waals surface area contributed by atoms with Crippen LogP contribution in [0.25, 0.3) is 11.1 Å². The van der Waals surface area contributed by atoms with Gasteiger partial charge in [0.25, 0.3) is 0 Å². The summed E-state index contributed by atoms with van der Waals surface area (Å²) in [5, 5.41) is 0. The fraction of sp³-hybridized carbons (Fsp3) is 0.200. The third-order valence-corrected chi connectivity index (χ3v) is 1.88. The van der Waals surface area contributed by atoms with Gasteiger partial charge in [-0.1, -0.05) is 80.3 Å². The van der Waals surface area contributed by atoms with Gasteiger partial charge in [-0.15, -0.1) is 0 Å². The molecule has 2 heteroatoms. The summed E-state index contributed by atoms with van der Waals surface area (Å²) in [7, 11) is -1.14. The van der Waals surface area contributed by atoms with Crippen molar-refractivity contribution in [3.63, 3.8) is 0 Å². The Labute approximate surface area is 110 Å². The Hall–Kier alpha value is -1.05. The first-order chi connectivity index (χ1) is 7.97. The van der Waals surface area contributed by atoms with E-state index in [0.29, 0.717) is 0 Å². The van der Waals surface area contributed by atoms with Crippen molar-refractivity contribution < 1.29 is 0 Å². The predicted molar refractivity (Wildman–Crippen MR) is 81.1 cm³/mol. The van der Waals surface area contributed by atoms with Crippen molar-refractivity contribution in [3.8, 4) is 11.1 Å². The van der Waals surface area contributed by atoms with E-state index in [9.17, 15) is 0 Å². The van der Waals surface area contributed by atoms with Crippen LogP contribution in [0.1, 0.15) is 0 Å². The van der Waals surface area contributed by atoms with Crippen molar-refractivity contribution in [2.75, 3.05) is 0 Å². The maximum absolute atomic E-state index is 5.67. The second-order valence-electron chi connectivity index (χ2n) is 4.80. The molecule has 0 saturated heterocycles. The van der Waals surface area contributed by atoms with E-state index in [4.69, 9.17) is 11.1 Å². The van der Waals surface area contributed by atoms with Crippen molar-refractivity contribution in [3.05, 3.63) is 60.7 Å². The molecule has 0 fully saturated rings. The van der Waals surface area contributed by atoms with Gasteiger partial charge < -0.3 is 0 Å². The average molecular weight is 263 g/mol. The smallest absolute Gasteiger partial charge is 0.147 e. The molecule has 0 N–H and O–H groups in total. The van der Waals surface area contributed by atoms with Crippen LogP contribution in [0.5, 0.6) is 0 Å². The topological polar surface area (TPSA) is 0 Å². The Morgan fingerprint density at radius 3 is 1.12 bits per heavy atom. The molecular formula is C15H19ClSi. The first-order valence-electron chi connectivity index (χ1n) is 5.76. The van der Waals surface area contributed by atoms with Gasteiger partial charge in [-0.3, -0.25) is 0 Å². The third kappa shape index (κ3) is 6.98. The van der Waals surface area contributed by atoms with Crippen LogP contribution in [0.3, 0.4) is 0 Å². The van der Waals surface area contributed by atoms with Gasteiger partial charge in [0.05, 0.1) is 0 Å². The van der Waals surface area contributed by atoms with Crippen LogP contribution in [0, 0.1) is 0 Å². The SMILES string of the molecule is C[Si](C)(C)Cl.c1ccc(-c2ccccc2)cc1. The Morgan fingerprint density at radius 1 is 0.647 bits per heavy atom. The Kier molecular flexibility index (Phi) is 5.46. The lowest BCUT2D eigenvalue weighted by Crippen LogP contribution is -2.06. The van der Waals surface area contributed by atoms with E-state index in [1.165, 1.54) is 11.1 Å². The van der Waals surface area contributed by atoms with E-state index >= 15 is 0 Å². The second-order valence-corrected chi connectivity index (χ2v) is 12.3. The van der Waals surface area contributed by atoms with E-state index < -0.39 is 7.38 Å². The monoisotopic (exact) mass is 262 g/mol. The van der Waals surface area contributed by atoms with Crippen LogP contribution in [0.15, 0.2) is 60.7 Å². The lowest BCUT2D eigenvalue weighted by molar-refractivity contribution is 1.62. The average Bonchev–Trinajstić information content (AvgIpc) is 2.29. The van der Waals surface area contributed by atoms with E-state index in [1.807, 2.05) is 12.1 Å². The van der Waals surface area contributed by atoms with Crippen LogP contribution < -0.4 is 0 Å². The Balaban J connectivity index is 0.000000249. The molecule has 2 rings (SSSR count). The van der Waals surface area contributed by atoms with E-state index in [0.717, 1.165) is 0 Å². The van der Waals surface area contributed by atoms with Gasteiger partial charge in [0, 0.05) is 0 Å². The van der Waals surface area contributed by atoms with Crippen molar-refractivity contribution in [1.82, 2.24) is 0 Å². The Morgan fingerprint density at radius 2 is 0.882 bits per heavy atom. The minimum absolute atomic E-state index is 1.14. The number of halogens is 1. The zero-order valence-corrected chi connectivity index (χ0v) is 12.4. The molecule has 17 heavy (non-hydrogen) atoms. The van der Waals surface area contributed by atoms with E-state index in [-0.39, 0.29) is 0 Å². The zero-order chi connectivity index (χ0) is 12.7. The molecule has 0 spiro atoms. The summed E-state index contributed by atoms with van der Waals surface area (Å²) in [4.78, 5) is 0. The summed E-state index contributed by atoms with van der Waals surface area (Å²) in [6, 6.07) is 20.8. The van der Waals surface area contributed by atoms with Gasteiger partial charge >= 0.3 is 0 Å². The van der Waals surface area contributed by atoms with Gasteiger partial charge in [-0.05, 0) is 11.1 Å². The molecule has 2 aromatic rings. The summed E-state index contributed by atoms with van der Waals surface area (Å²) in [6.45, 7) is 6.28. The number of hydrogen-bond donors (Lipinski definition) is 0. The third-order valence-electron chi connectivity index (χ3n) is 1.88. The maximum atomic E-state index is 5.67. The maximum Gasteiger partial charge on any atom is 0.147 e. The number of rotatable bonds is 1. The largest absolute Gasteiger partial charge is 0.168 e. The quantitative estimate of drug-likeness (QED) is 0.476. The van der Waals surface area contributed by atoms with Crippen LogP contribution in [0.4, 0.5) is 0 Å². The van der Waals surface area contributed by atoms with Crippen LogP contribution in [-0.4, -0.2) is 7.38 Å². The lowest BCUT2D eigenvalue weighted by Gasteiger charge is -1.98. The molecule has 0 amide bonds. The molecule has 0 atom stereocenters. The van der Waals surface area contributed by atoms with Crippen molar-refractivity contribution in [2.45, 2.75) is 19.6 Å². The minimum atomic E-state index is -1.14. The molecule has 0 aliphatic heterocycles. The first kappa shape index (κ1) is 14.0. The van der Waals surface area contributed by atoms with Gasteiger partial charge in [-0.2, -0.15) is 11.1 Å². The number of hydrogen-bond acceptors (Lipinski definition) is 0. The van der Waals surface area contributed by atoms with E-state index in [1.54, 1.807) is 0 Å². The Bertz CT molecular complexity index is 374. The molecule has 0 aromatic heterocycles. The van der Waals surface area contributed by atoms with Crippen LogP contribution in [-0.2, 0) is 0 Å². The summed E-state index contributed by atoms with van der Waals surface area (Å²) in [6.07, 6.45) is 0. The zero-order valence-electron chi connectivity index (χ0n) is 10.7. The van der Waals surface area contributed by atoms with Gasteiger partial charge in [0.2, 0.25) is 0 Å².